The molecule has 0 aromatic heterocycles. The Morgan fingerprint density at radius 1 is 1.29 bits per heavy atom. The van der Waals surface area contributed by atoms with Crippen LogP contribution in [0.1, 0.15) is 38.7 Å². The Hall–Kier alpha value is -1.55. The van der Waals surface area contributed by atoms with E-state index in [0.29, 0.717) is 19.4 Å². The largest absolute Gasteiger partial charge is 0.496 e. The molecule has 118 valence electrons. The molecule has 0 radical (unpaired) electrons. The van der Waals surface area contributed by atoms with Crippen molar-refractivity contribution in [1.29, 1.82) is 0 Å². The minimum atomic E-state index is -0.194. The molecule has 2 N–H and O–H groups in total. The Morgan fingerprint density at radius 2 is 1.95 bits per heavy atom. The molecule has 0 bridgehead atoms. The summed E-state index contributed by atoms with van der Waals surface area (Å²) in [5.41, 5.74) is 0.842. The van der Waals surface area contributed by atoms with Crippen LogP contribution in [0.2, 0.25) is 0 Å². The Balaban J connectivity index is 2.47. The van der Waals surface area contributed by atoms with Gasteiger partial charge in [-0.2, -0.15) is 0 Å². The van der Waals surface area contributed by atoms with Gasteiger partial charge in [0.05, 0.1) is 13.7 Å². The number of rotatable bonds is 9. The average Bonchev–Trinajstić information content (AvgIpc) is 2.55. The molecular formula is C17H27NO3. The van der Waals surface area contributed by atoms with Crippen LogP contribution in [-0.2, 0) is 11.2 Å². The molecule has 0 aliphatic rings. The Labute approximate surface area is 127 Å². The standard InChI is InChI=1S/C17H27NO3/c1-4-17(5-2,13-19)12-18-16(20)11-10-14-8-6-7-9-15(14)21-3/h6-9,19H,4-5,10-13H2,1-3H3,(H,18,20). The molecule has 1 amide bonds. The van der Waals surface area contributed by atoms with E-state index in [1.165, 1.54) is 0 Å². The van der Waals surface area contributed by atoms with Gasteiger partial charge >= 0.3 is 0 Å². The Kier molecular flexibility index (Phi) is 7.23. The third-order valence-corrected chi connectivity index (χ3v) is 4.31. The maximum absolute atomic E-state index is 12.0. The topological polar surface area (TPSA) is 58.6 Å². The fourth-order valence-electron chi connectivity index (χ4n) is 2.31. The van der Waals surface area contributed by atoms with Crippen LogP contribution in [-0.4, -0.2) is 31.3 Å². The van der Waals surface area contributed by atoms with Crippen LogP contribution >= 0.6 is 0 Å². The molecule has 0 spiro atoms. The number of aliphatic hydroxyl groups excluding tert-OH is 1. The number of hydrogen-bond acceptors (Lipinski definition) is 3. The Morgan fingerprint density at radius 3 is 2.52 bits per heavy atom. The van der Waals surface area contributed by atoms with Crippen LogP contribution in [0.3, 0.4) is 0 Å². The van der Waals surface area contributed by atoms with E-state index in [2.05, 4.69) is 5.32 Å². The number of carbonyl (C=O) groups excluding carboxylic acids is 1. The van der Waals surface area contributed by atoms with Crippen LogP contribution < -0.4 is 10.1 Å². The molecule has 4 nitrogen and oxygen atoms in total. The van der Waals surface area contributed by atoms with Gasteiger partial charge in [-0.25, -0.2) is 0 Å². The lowest BCUT2D eigenvalue weighted by Crippen LogP contribution is -2.39. The van der Waals surface area contributed by atoms with Crippen molar-refractivity contribution in [2.45, 2.75) is 39.5 Å². The predicted molar refractivity (Wildman–Crippen MR) is 84.4 cm³/mol. The van der Waals surface area contributed by atoms with Crippen molar-refractivity contribution < 1.29 is 14.6 Å². The van der Waals surface area contributed by atoms with E-state index >= 15 is 0 Å². The number of nitrogens with one attached hydrogen (secondary N) is 1. The average molecular weight is 293 g/mol. The number of carbonyl (C=O) groups is 1. The zero-order valence-electron chi connectivity index (χ0n) is 13.3. The minimum absolute atomic E-state index is 0.0145. The minimum Gasteiger partial charge on any atom is -0.496 e. The third-order valence-electron chi connectivity index (χ3n) is 4.31. The number of hydrogen-bond donors (Lipinski definition) is 2. The van der Waals surface area contributed by atoms with Gasteiger partial charge in [-0.3, -0.25) is 4.79 Å². The number of amides is 1. The van der Waals surface area contributed by atoms with Gasteiger partial charge in [0.15, 0.2) is 0 Å². The maximum Gasteiger partial charge on any atom is 0.220 e. The molecular weight excluding hydrogens is 266 g/mol. The zero-order valence-corrected chi connectivity index (χ0v) is 13.3. The highest BCUT2D eigenvalue weighted by molar-refractivity contribution is 5.76. The molecule has 0 saturated carbocycles. The van der Waals surface area contributed by atoms with Crippen molar-refractivity contribution in [2.24, 2.45) is 5.41 Å². The van der Waals surface area contributed by atoms with Gasteiger partial charge in [0, 0.05) is 18.4 Å². The summed E-state index contributed by atoms with van der Waals surface area (Å²) in [6, 6.07) is 7.74. The molecule has 21 heavy (non-hydrogen) atoms. The molecule has 0 heterocycles. The normalized spacial score (nSPS) is 11.2. The second-order valence-corrected chi connectivity index (χ2v) is 5.45. The van der Waals surface area contributed by atoms with Crippen LogP contribution in [0.25, 0.3) is 0 Å². The summed E-state index contributed by atoms with van der Waals surface area (Å²) in [5, 5.41) is 12.4. The van der Waals surface area contributed by atoms with E-state index in [4.69, 9.17) is 4.74 Å². The second-order valence-electron chi connectivity index (χ2n) is 5.45. The molecule has 0 unspecified atom stereocenters. The predicted octanol–water partition coefficient (Wildman–Crippen LogP) is 2.54. The van der Waals surface area contributed by atoms with E-state index < -0.39 is 0 Å². The van der Waals surface area contributed by atoms with E-state index in [1.807, 2.05) is 38.1 Å². The Bertz CT molecular complexity index is 433. The number of aliphatic hydroxyl groups is 1. The summed E-state index contributed by atoms with van der Waals surface area (Å²) in [7, 11) is 1.64. The van der Waals surface area contributed by atoms with Gasteiger partial charge in [-0.15, -0.1) is 0 Å². The first-order valence-electron chi connectivity index (χ1n) is 7.60. The number of aryl methyl sites for hydroxylation is 1. The highest BCUT2D eigenvalue weighted by Crippen LogP contribution is 2.24. The van der Waals surface area contributed by atoms with Crippen molar-refractivity contribution in [3.8, 4) is 5.75 Å². The molecule has 4 heteroatoms. The monoisotopic (exact) mass is 293 g/mol. The summed E-state index contributed by atoms with van der Waals surface area (Å²) in [5.74, 6) is 0.831. The number of para-hydroxylation sites is 1. The summed E-state index contributed by atoms with van der Waals surface area (Å²) in [4.78, 5) is 12.0. The van der Waals surface area contributed by atoms with Gasteiger partial charge in [-0.1, -0.05) is 32.0 Å². The molecule has 0 aliphatic heterocycles. The fourth-order valence-corrected chi connectivity index (χ4v) is 2.31. The van der Waals surface area contributed by atoms with Gasteiger partial charge in [0.25, 0.3) is 0 Å². The van der Waals surface area contributed by atoms with Crippen molar-refractivity contribution in [2.75, 3.05) is 20.3 Å². The molecule has 1 rings (SSSR count). The summed E-state index contributed by atoms with van der Waals surface area (Å²) >= 11 is 0. The quantitative estimate of drug-likeness (QED) is 0.735. The van der Waals surface area contributed by atoms with Gasteiger partial charge < -0.3 is 15.2 Å². The van der Waals surface area contributed by atoms with E-state index in [0.717, 1.165) is 24.2 Å². The summed E-state index contributed by atoms with van der Waals surface area (Å²) in [6.07, 6.45) is 2.79. The SMILES string of the molecule is CCC(CC)(CO)CNC(=O)CCc1ccccc1OC. The summed E-state index contributed by atoms with van der Waals surface area (Å²) < 4.78 is 5.28. The number of methoxy groups -OCH3 is 1. The molecule has 0 saturated heterocycles. The van der Waals surface area contributed by atoms with Gasteiger partial charge in [-0.05, 0) is 30.9 Å². The van der Waals surface area contributed by atoms with Crippen LogP contribution in [0, 0.1) is 5.41 Å². The molecule has 1 aromatic carbocycles. The third kappa shape index (κ3) is 5.05. The van der Waals surface area contributed by atoms with Crippen LogP contribution in [0.15, 0.2) is 24.3 Å². The van der Waals surface area contributed by atoms with Crippen LogP contribution in [0.4, 0.5) is 0 Å². The highest BCUT2D eigenvalue weighted by Gasteiger charge is 2.25. The van der Waals surface area contributed by atoms with Crippen molar-refractivity contribution in [3.63, 3.8) is 0 Å². The lowest BCUT2D eigenvalue weighted by atomic mass is 9.83. The first-order chi connectivity index (χ1) is 10.1. The van der Waals surface area contributed by atoms with Gasteiger partial charge in [0.2, 0.25) is 5.91 Å². The second kappa shape index (κ2) is 8.67. The molecule has 0 atom stereocenters. The van der Waals surface area contributed by atoms with E-state index in [-0.39, 0.29) is 17.9 Å². The van der Waals surface area contributed by atoms with Crippen LogP contribution in [0.5, 0.6) is 5.75 Å². The first-order valence-corrected chi connectivity index (χ1v) is 7.60. The molecule has 1 aromatic rings. The lowest BCUT2D eigenvalue weighted by molar-refractivity contribution is -0.121. The fraction of sp³-hybridized carbons (Fsp3) is 0.588. The van der Waals surface area contributed by atoms with Crippen molar-refractivity contribution in [3.05, 3.63) is 29.8 Å². The number of ether oxygens (including phenoxy) is 1. The molecule has 0 fully saturated rings. The highest BCUT2D eigenvalue weighted by atomic mass is 16.5. The summed E-state index contributed by atoms with van der Waals surface area (Å²) in [6.45, 7) is 4.72. The zero-order chi connectivity index (χ0) is 15.7. The maximum atomic E-state index is 12.0. The number of benzene rings is 1. The van der Waals surface area contributed by atoms with Crippen molar-refractivity contribution >= 4 is 5.91 Å². The lowest BCUT2D eigenvalue weighted by Gasteiger charge is -2.29. The smallest absolute Gasteiger partial charge is 0.220 e. The first kappa shape index (κ1) is 17.5. The van der Waals surface area contributed by atoms with Crippen molar-refractivity contribution in [1.82, 2.24) is 5.32 Å². The van der Waals surface area contributed by atoms with E-state index in [1.54, 1.807) is 7.11 Å². The molecule has 0 aliphatic carbocycles. The van der Waals surface area contributed by atoms with Gasteiger partial charge in [0.1, 0.15) is 5.75 Å². The van der Waals surface area contributed by atoms with E-state index in [9.17, 15) is 9.90 Å².